The molecule has 70 valence electrons. The zero-order chi connectivity index (χ0) is 9.35. The fraction of sp³-hybridized carbons (Fsp3) is 0.750. The lowest BCUT2D eigenvalue weighted by Crippen LogP contribution is -2.68. The maximum absolute atomic E-state index is 10.5. The van der Waals surface area contributed by atoms with Crippen LogP contribution >= 0.6 is 0 Å². The van der Waals surface area contributed by atoms with Crippen LogP contribution in [0.1, 0.15) is 0 Å². The minimum Gasteiger partial charge on any atom is -0.347 e. The van der Waals surface area contributed by atoms with E-state index in [-0.39, 0.29) is 12.5 Å². The molecule has 0 aliphatic carbocycles. The van der Waals surface area contributed by atoms with Gasteiger partial charge in [0.25, 0.3) is 0 Å². The van der Waals surface area contributed by atoms with Gasteiger partial charge >= 0.3 is 10.3 Å². The van der Waals surface area contributed by atoms with Crippen LogP contribution in [0.3, 0.4) is 0 Å². The van der Waals surface area contributed by atoms with Gasteiger partial charge in [0, 0.05) is 0 Å². The summed E-state index contributed by atoms with van der Waals surface area (Å²) in [6.45, 7) is -0.217. The molecule has 7 nitrogen and oxygen atoms in total. The van der Waals surface area contributed by atoms with Crippen molar-refractivity contribution in [1.82, 2.24) is 5.32 Å². The van der Waals surface area contributed by atoms with Crippen molar-refractivity contribution in [3.05, 3.63) is 0 Å². The molecule has 0 aromatic heterocycles. The van der Waals surface area contributed by atoms with Crippen molar-refractivity contribution in [2.45, 2.75) is 12.1 Å². The Bertz CT molecular complexity index is 287. The zero-order valence-electron chi connectivity index (χ0n) is 6.06. The zero-order valence-corrected chi connectivity index (χ0v) is 6.87. The Hall–Kier alpha value is -0.700. The first-order chi connectivity index (χ1) is 5.40. The van der Waals surface area contributed by atoms with Gasteiger partial charge in [-0.15, -0.1) is 0 Å². The van der Waals surface area contributed by atoms with Gasteiger partial charge in [0.2, 0.25) is 5.91 Å². The summed E-state index contributed by atoms with van der Waals surface area (Å²) >= 11 is 0. The predicted octanol–water partition coefficient (Wildman–Crippen LogP) is -2.97. The smallest absolute Gasteiger partial charge is 0.333 e. The Labute approximate surface area is 69.3 Å². The Morgan fingerprint density at radius 1 is 1.58 bits per heavy atom. The largest absolute Gasteiger partial charge is 0.347 e. The van der Waals surface area contributed by atoms with Crippen molar-refractivity contribution in [2.24, 2.45) is 10.9 Å². The lowest BCUT2D eigenvalue weighted by atomic mass is 10.0. The fourth-order valence-corrected chi connectivity index (χ4v) is 1.10. The molecular formula is C4H9N3O4S. The summed E-state index contributed by atoms with van der Waals surface area (Å²) in [5.41, 5.74) is 5.27. The van der Waals surface area contributed by atoms with Crippen molar-refractivity contribution in [2.75, 3.05) is 6.61 Å². The fourth-order valence-electron chi connectivity index (χ4n) is 0.769. The number of hydrogen-bond donors (Lipinski definition) is 3. The summed E-state index contributed by atoms with van der Waals surface area (Å²) in [4.78, 5) is 10.5. The van der Waals surface area contributed by atoms with E-state index in [4.69, 9.17) is 5.73 Å². The molecule has 1 aliphatic heterocycles. The number of nitrogens with one attached hydrogen (secondary N) is 1. The second kappa shape index (κ2) is 2.98. The third-order valence-corrected chi connectivity index (χ3v) is 1.94. The molecule has 0 unspecified atom stereocenters. The molecule has 1 fully saturated rings. The molecule has 1 amide bonds. The molecule has 2 atom stereocenters. The number of carbonyl (C=O) groups excluding carboxylic acids is 1. The third kappa shape index (κ3) is 2.14. The van der Waals surface area contributed by atoms with Crippen molar-refractivity contribution >= 4 is 16.2 Å². The highest BCUT2D eigenvalue weighted by molar-refractivity contribution is 7.84. The molecule has 0 aromatic rings. The molecule has 0 radical (unpaired) electrons. The van der Waals surface area contributed by atoms with Gasteiger partial charge in [0.1, 0.15) is 6.04 Å². The minimum atomic E-state index is -3.94. The highest BCUT2D eigenvalue weighted by atomic mass is 32.2. The molecule has 1 rings (SSSR count). The van der Waals surface area contributed by atoms with E-state index in [2.05, 4.69) is 14.6 Å². The maximum atomic E-state index is 10.5. The molecule has 5 N–H and O–H groups in total. The van der Waals surface area contributed by atoms with Crippen molar-refractivity contribution in [3.63, 3.8) is 0 Å². The van der Waals surface area contributed by atoms with Gasteiger partial charge in [-0.2, -0.15) is 8.42 Å². The molecule has 1 aliphatic rings. The molecule has 0 spiro atoms. The van der Waals surface area contributed by atoms with Gasteiger partial charge in [0.15, 0.2) is 0 Å². The summed E-state index contributed by atoms with van der Waals surface area (Å²) in [7, 11) is -3.94. The van der Waals surface area contributed by atoms with E-state index in [0.29, 0.717) is 0 Å². The van der Waals surface area contributed by atoms with Gasteiger partial charge < -0.3 is 11.1 Å². The third-order valence-electron chi connectivity index (χ3n) is 1.48. The van der Waals surface area contributed by atoms with Crippen LogP contribution in [-0.2, 0) is 19.3 Å². The van der Waals surface area contributed by atoms with E-state index >= 15 is 0 Å². The van der Waals surface area contributed by atoms with Gasteiger partial charge in [-0.3, -0.25) is 8.98 Å². The number of amides is 1. The lowest BCUT2D eigenvalue weighted by molar-refractivity contribution is -0.131. The van der Waals surface area contributed by atoms with Crippen LogP contribution in [0.2, 0.25) is 0 Å². The summed E-state index contributed by atoms with van der Waals surface area (Å²) in [6, 6.07) is -1.16. The number of nitrogens with two attached hydrogens (primary N) is 2. The highest BCUT2D eigenvalue weighted by Gasteiger charge is 2.36. The Morgan fingerprint density at radius 3 is 2.50 bits per heavy atom. The number of rotatable bonds is 3. The van der Waals surface area contributed by atoms with Crippen molar-refractivity contribution < 1.29 is 17.4 Å². The average Bonchev–Trinajstić information content (AvgIpc) is 1.95. The Morgan fingerprint density at radius 2 is 2.17 bits per heavy atom. The van der Waals surface area contributed by atoms with Gasteiger partial charge in [-0.25, -0.2) is 5.14 Å². The van der Waals surface area contributed by atoms with E-state index in [1.165, 1.54) is 0 Å². The average molecular weight is 195 g/mol. The number of hydrogen-bond acceptors (Lipinski definition) is 5. The topological polar surface area (TPSA) is 125 Å². The molecule has 0 aromatic carbocycles. The minimum absolute atomic E-state index is 0.217. The first-order valence-electron chi connectivity index (χ1n) is 3.13. The normalized spacial score (nSPS) is 29.3. The predicted molar refractivity (Wildman–Crippen MR) is 39.0 cm³/mol. The van der Waals surface area contributed by atoms with E-state index in [1.54, 1.807) is 0 Å². The van der Waals surface area contributed by atoms with Crippen molar-refractivity contribution in [1.29, 1.82) is 0 Å². The molecule has 0 bridgehead atoms. The maximum Gasteiger partial charge on any atom is 0.333 e. The van der Waals surface area contributed by atoms with Crippen molar-refractivity contribution in [3.8, 4) is 0 Å². The second-order valence-corrected chi connectivity index (χ2v) is 3.64. The summed E-state index contributed by atoms with van der Waals surface area (Å²) in [5.74, 6) is -0.321. The van der Waals surface area contributed by atoms with Gasteiger partial charge in [0.05, 0.1) is 12.6 Å². The van der Waals surface area contributed by atoms with Crippen LogP contribution < -0.4 is 16.2 Å². The van der Waals surface area contributed by atoms with Crippen LogP contribution in [0.5, 0.6) is 0 Å². The Balaban J connectivity index is 2.31. The monoisotopic (exact) mass is 195 g/mol. The van der Waals surface area contributed by atoms with E-state index < -0.39 is 22.4 Å². The number of carbonyl (C=O) groups is 1. The summed E-state index contributed by atoms with van der Waals surface area (Å²) in [6.07, 6.45) is 0. The van der Waals surface area contributed by atoms with Crippen LogP contribution in [0.25, 0.3) is 0 Å². The second-order valence-electron chi connectivity index (χ2n) is 2.42. The highest BCUT2D eigenvalue weighted by Crippen LogP contribution is 2.03. The molecule has 1 saturated heterocycles. The lowest BCUT2D eigenvalue weighted by Gasteiger charge is -2.32. The standard InChI is InChI=1S/C4H9N3O4S/c5-3-2(7-4(3)8)1-11-12(6,9)10/h2-3H,1,5H2,(H,7,8)(H2,6,9,10)/t2-,3+/m0/s1. The van der Waals surface area contributed by atoms with E-state index in [9.17, 15) is 13.2 Å². The van der Waals surface area contributed by atoms with Gasteiger partial charge in [-0.05, 0) is 0 Å². The SMILES string of the molecule is N[C@H]1C(=O)N[C@H]1COS(N)(=O)=O. The van der Waals surface area contributed by atoms with Crippen LogP contribution in [0.4, 0.5) is 0 Å². The summed E-state index contributed by atoms with van der Waals surface area (Å²) in [5, 5.41) is 6.90. The summed E-state index contributed by atoms with van der Waals surface area (Å²) < 4.78 is 24.7. The number of β-lactam (4-membered cyclic amide) rings is 1. The Kier molecular flexibility index (Phi) is 2.33. The first-order valence-corrected chi connectivity index (χ1v) is 4.60. The van der Waals surface area contributed by atoms with Crippen LogP contribution in [0, 0.1) is 0 Å². The molecule has 1 heterocycles. The van der Waals surface area contributed by atoms with Gasteiger partial charge in [-0.1, -0.05) is 0 Å². The van der Waals surface area contributed by atoms with E-state index in [0.717, 1.165) is 0 Å². The quantitative estimate of drug-likeness (QED) is 0.415. The molecular weight excluding hydrogens is 186 g/mol. The van der Waals surface area contributed by atoms with Crippen LogP contribution in [0.15, 0.2) is 0 Å². The molecule has 0 saturated carbocycles. The molecule has 12 heavy (non-hydrogen) atoms. The molecule has 8 heteroatoms. The van der Waals surface area contributed by atoms with E-state index in [1.807, 2.05) is 0 Å². The first kappa shape index (κ1) is 9.39. The van der Waals surface area contributed by atoms with Crippen LogP contribution in [-0.4, -0.2) is 33.0 Å².